The maximum Gasteiger partial charge on any atom is 0.279 e. The predicted octanol–water partition coefficient (Wildman–Crippen LogP) is 2.82. The van der Waals surface area contributed by atoms with Crippen LogP contribution in [0.2, 0.25) is 0 Å². The minimum Gasteiger partial charge on any atom is -0.481 e. The van der Waals surface area contributed by atoms with Crippen molar-refractivity contribution in [2.75, 3.05) is 0 Å². The van der Waals surface area contributed by atoms with Crippen molar-refractivity contribution >= 4 is 27.7 Å². The van der Waals surface area contributed by atoms with Crippen LogP contribution in [0.15, 0.2) is 53.0 Å². The molecule has 2 aromatic rings. The Morgan fingerprint density at radius 1 is 1.13 bits per heavy atom. The zero-order valence-corrected chi connectivity index (χ0v) is 13.8. The van der Waals surface area contributed by atoms with Crippen LogP contribution in [-0.4, -0.2) is 17.9 Å². The molecular formula is C16H14BrFN2O3. The van der Waals surface area contributed by atoms with Crippen LogP contribution >= 0.6 is 15.9 Å². The van der Waals surface area contributed by atoms with Gasteiger partial charge in [0.1, 0.15) is 11.6 Å². The van der Waals surface area contributed by atoms with Gasteiger partial charge in [-0.15, -0.1) is 0 Å². The van der Waals surface area contributed by atoms with Gasteiger partial charge in [0.2, 0.25) is 0 Å². The van der Waals surface area contributed by atoms with E-state index in [0.29, 0.717) is 5.75 Å². The number of rotatable bonds is 4. The van der Waals surface area contributed by atoms with Crippen LogP contribution in [0.3, 0.4) is 0 Å². The molecule has 0 spiro atoms. The summed E-state index contributed by atoms with van der Waals surface area (Å²) < 4.78 is 19.3. The van der Waals surface area contributed by atoms with Crippen molar-refractivity contribution in [2.45, 2.75) is 13.0 Å². The summed E-state index contributed by atoms with van der Waals surface area (Å²) in [5.41, 5.74) is 4.55. The Morgan fingerprint density at radius 2 is 1.87 bits per heavy atom. The molecule has 2 rings (SSSR count). The number of hydrazine groups is 1. The van der Waals surface area contributed by atoms with E-state index in [4.69, 9.17) is 4.74 Å². The SMILES string of the molecule is CC(Oc1cccc(Br)c1)C(=O)NNC(=O)c1cccc(F)c1. The van der Waals surface area contributed by atoms with E-state index in [0.717, 1.165) is 10.5 Å². The monoisotopic (exact) mass is 380 g/mol. The van der Waals surface area contributed by atoms with E-state index in [2.05, 4.69) is 26.8 Å². The number of nitrogens with one attached hydrogen (secondary N) is 2. The summed E-state index contributed by atoms with van der Waals surface area (Å²) in [4.78, 5) is 23.7. The van der Waals surface area contributed by atoms with Crippen molar-refractivity contribution in [1.82, 2.24) is 10.9 Å². The van der Waals surface area contributed by atoms with Crippen molar-refractivity contribution in [2.24, 2.45) is 0 Å². The number of hydrogen-bond donors (Lipinski definition) is 2. The minimum absolute atomic E-state index is 0.103. The molecule has 0 aliphatic heterocycles. The molecule has 2 amide bonds. The third-order valence-corrected chi connectivity index (χ3v) is 3.36. The second kappa shape index (κ2) is 7.73. The van der Waals surface area contributed by atoms with Gasteiger partial charge >= 0.3 is 0 Å². The first-order valence-corrected chi connectivity index (χ1v) is 7.53. The van der Waals surface area contributed by atoms with Crippen molar-refractivity contribution in [3.8, 4) is 5.75 Å². The fraction of sp³-hybridized carbons (Fsp3) is 0.125. The smallest absolute Gasteiger partial charge is 0.279 e. The molecule has 1 atom stereocenters. The van der Waals surface area contributed by atoms with Crippen molar-refractivity contribution in [3.63, 3.8) is 0 Å². The highest BCUT2D eigenvalue weighted by molar-refractivity contribution is 9.10. The highest BCUT2D eigenvalue weighted by atomic mass is 79.9. The zero-order valence-electron chi connectivity index (χ0n) is 12.2. The summed E-state index contributed by atoms with van der Waals surface area (Å²) in [5.74, 6) is -1.17. The lowest BCUT2D eigenvalue weighted by atomic mass is 10.2. The number of hydrogen-bond acceptors (Lipinski definition) is 3. The Labute approximate surface area is 140 Å². The first kappa shape index (κ1) is 17.0. The molecule has 1 unspecified atom stereocenters. The Bertz CT molecular complexity index is 724. The Balaban J connectivity index is 1.87. The van der Waals surface area contributed by atoms with Crippen molar-refractivity contribution in [3.05, 3.63) is 64.4 Å². The molecule has 0 saturated carbocycles. The van der Waals surface area contributed by atoms with Crippen LogP contribution in [0.4, 0.5) is 4.39 Å². The molecule has 23 heavy (non-hydrogen) atoms. The number of carbonyl (C=O) groups excluding carboxylic acids is 2. The van der Waals surface area contributed by atoms with Gasteiger partial charge < -0.3 is 4.74 Å². The average Bonchev–Trinajstić information content (AvgIpc) is 2.52. The lowest BCUT2D eigenvalue weighted by molar-refractivity contribution is -0.128. The molecule has 0 bridgehead atoms. The standard InChI is InChI=1S/C16H14BrFN2O3/c1-10(23-14-7-3-5-12(17)9-14)15(21)19-20-16(22)11-4-2-6-13(18)8-11/h2-10H,1H3,(H,19,21)(H,20,22). The number of ether oxygens (including phenoxy) is 1. The minimum atomic E-state index is -0.822. The number of carbonyl (C=O) groups is 2. The van der Waals surface area contributed by atoms with E-state index >= 15 is 0 Å². The third kappa shape index (κ3) is 5.07. The van der Waals surface area contributed by atoms with Gasteiger partial charge in [-0.2, -0.15) is 0 Å². The molecule has 0 fully saturated rings. The maximum absolute atomic E-state index is 13.0. The first-order valence-electron chi connectivity index (χ1n) is 6.73. The normalized spacial score (nSPS) is 11.4. The van der Waals surface area contributed by atoms with Crippen LogP contribution < -0.4 is 15.6 Å². The van der Waals surface area contributed by atoms with Crippen molar-refractivity contribution < 1.29 is 18.7 Å². The van der Waals surface area contributed by atoms with Crippen LogP contribution in [0.25, 0.3) is 0 Å². The zero-order chi connectivity index (χ0) is 16.8. The lowest BCUT2D eigenvalue weighted by Gasteiger charge is -2.15. The number of benzene rings is 2. The molecule has 5 nitrogen and oxygen atoms in total. The second-order valence-corrected chi connectivity index (χ2v) is 5.59. The summed E-state index contributed by atoms with van der Waals surface area (Å²) >= 11 is 3.30. The summed E-state index contributed by atoms with van der Waals surface area (Å²) in [7, 11) is 0. The van der Waals surface area contributed by atoms with E-state index in [9.17, 15) is 14.0 Å². The summed E-state index contributed by atoms with van der Waals surface area (Å²) in [5, 5.41) is 0. The van der Waals surface area contributed by atoms with E-state index in [1.165, 1.54) is 18.2 Å². The molecule has 0 radical (unpaired) electrons. The first-order chi connectivity index (χ1) is 11.0. The van der Waals surface area contributed by atoms with Gasteiger partial charge in [0, 0.05) is 10.0 Å². The van der Waals surface area contributed by atoms with Crippen molar-refractivity contribution in [1.29, 1.82) is 0 Å². The van der Waals surface area contributed by atoms with Crippen LogP contribution in [0, 0.1) is 5.82 Å². The van der Waals surface area contributed by atoms with Crippen LogP contribution in [-0.2, 0) is 4.79 Å². The highest BCUT2D eigenvalue weighted by Gasteiger charge is 2.16. The fourth-order valence-electron chi connectivity index (χ4n) is 1.72. The highest BCUT2D eigenvalue weighted by Crippen LogP contribution is 2.18. The van der Waals surface area contributed by atoms with Gasteiger partial charge in [-0.1, -0.05) is 28.1 Å². The van der Waals surface area contributed by atoms with Gasteiger partial charge in [-0.05, 0) is 43.3 Å². The molecule has 0 aromatic heterocycles. The van der Waals surface area contributed by atoms with E-state index in [1.807, 2.05) is 6.07 Å². The number of amides is 2. The molecular weight excluding hydrogens is 367 g/mol. The summed E-state index contributed by atoms with van der Waals surface area (Å²) in [6.07, 6.45) is -0.822. The predicted molar refractivity (Wildman–Crippen MR) is 86.2 cm³/mol. The van der Waals surface area contributed by atoms with Gasteiger partial charge in [-0.25, -0.2) is 4.39 Å². The Hall–Kier alpha value is -2.41. The molecule has 0 saturated heterocycles. The van der Waals surface area contributed by atoms with Gasteiger partial charge in [0.25, 0.3) is 11.8 Å². The average molecular weight is 381 g/mol. The number of halogens is 2. The molecule has 0 aliphatic carbocycles. The van der Waals surface area contributed by atoms with Gasteiger partial charge in [0.05, 0.1) is 0 Å². The largest absolute Gasteiger partial charge is 0.481 e. The van der Waals surface area contributed by atoms with E-state index in [1.54, 1.807) is 25.1 Å². The molecule has 2 N–H and O–H groups in total. The third-order valence-electron chi connectivity index (χ3n) is 2.86. The summed E-state index contributed by atoms with van der Waals surface area (Å²) in [6, 6.07) is 12.2. The van der Waals surface area contributed by atoms with Crippen LogP contribution in [0.1, 0.15) is 17.3 Å². The fourth-order valence-corrected chi connectivity index (χ4v) is 2.10. The molecule has 7 heteroatoms. The topological polar surface area (TPSA) is 67.4 Å². The lowest BCUT2D eigenvalue weighted by Crippen LogP contribution is -2.47. The van der Waals surface area contributed by atoms with E-state index in [-0.39, 0.29) is 5.56 Å². The Morgan fingerprint density at radius 3 is 2.57 bits per heavy atom. The second-order valence-electron chi connectivity index (χ2n) is 4.67. The van der Waals surface area contributed by atoms with Gasteiger partial charge in [0.15, 0.2) is 6.10 Å². The van der Waals surface area contributed by atoms with Crippen LogP contribution in [0.5, 0.6) is 5.75 Å². The Kier molecular flexibility index (Phi) is 5.70. The molecule has 2 aromatic carbocycles. The quantitative estimate of drug-likeness (QED) is 0.801. The van der Waals surface area contributed by atoms with Gasteiger partial charge in [-0.3, -0.25) is 20.4 Å². The maximum atomic E-state index is 13.0. The summed E-state index contributed by atoms with van der Waals surface area (Å²) in [6.45, 7) is 1.55. The van der Waals surface area contributed by atoms with E-state index < -0.39 is 23.7 Å². The molecule has 0 aliphatic rings. The molecule has 120 valence electrons. The molecule has 0 heterocycles.